The largest absolute Gasteiger partial charge is 0.453 e. The van der Waals surface area contributed by atoms with Crippen molar-refractivity contribution in [3.63, 3.8) is 0 Å². The van der Waals surface area contributed by atoms with Crippen LogP contribution in [0.2, 0.25) is 0 Å². The van der Waals surface area contributed by atoms with Crippen LogP contribution in [0.3, 0.4) is 0 Å². The molecule has 0 saturated heterocycles. The van der Waals surface area contributed by atoms with Crippen molar-refractivity contribution in [2.45, 2.75) is 39.3 Å². The lowest BCUT2D eigenvalue weighted by atomic mass is 10.00. The van der Waals surface area contributed by atoms with E-state index in [2.05, 4.69) is 21.9 Å². The number of aromatic nitrogens is 3. The molecule has 9 heteroatoms. The Hall–Kier alpha value is -4.06. The molecule has 0 atom stereocenters. The molecule has 0 radical (unpaired) electrons. The third-order valence-corrected chi connectivity index (χ3v) is 5.12. The number of nitrogens with zero attached hydrogens (tertiary/aromatic N) is 4. The maximum atomic E-state index is 14.7. The average Bonchev–Trinajstić information content (AvgIpc) is 3.19. The molecule has 3 heterocycles. The topological polar surface area (TPSA) is 95.5 Å². The third-order valence-electron chi connectivity index (χ3n) is 5.12. The van der Waals surface area contributed by atoms with Crippen LogP contribution in [0.4, 0.5) is 15.0 Å². The van der Waals surface area contributed by atoms with E-state index in [1.165, 1.54) is 0 Å². The zero-order valence-electron chi connectivity index (χ0n) is 19.6. The van der Waals surface area contributed by atoms with Crippen LogP contribution in [0.15, 0.2) is 36.8 Å². The van der Waals surface area contributed by atoms with Crippen molar-refractivity contribution in [1.82, 2.24) is 19.7 Å². The Morgan fingerprint density at radius 3 is 2.71 bits per heavy atom. The molecule has 1 aliphatic heterocycles. The molecule has 1 aromatic carbocycles. The van der Waals surface area contributed by atoms with E-state index in [4.69, 9.17) is 15.2 Å². The Morgan fingerprint density at radius 1 is 1.21 bits per heavy atom. The molecule has 0 unspecified atom stereocenters. The molecule has 176 valence electrons. The maximum absolute atomic E-state index is 14.7. The van der Waals surface area contributed by atoms with Crippen molar-refractivity contribution < 1.29 is 18.7 Å². The van der Waals surface area contributed by atoms with Crippen LogP contribution in [-0.4, -0.2) is 37.9 Å². The van der Waals surface area contributed by atoms with Crippen molar-refractivity contribution >= 4 is 11.9 Å². The second kappa shape index (κ2) is 9.06. The summed E-state index contributed by atoms with van der Waals surface area (Å²) in [5.41, 5.74) is 8.21. The van der Waals surface area contributed by atoms with Gasteiger partial charge in [0, 0.05) is 26.3 Å². The summed E-state index contributed by atoms with van der Waals surface area (Å²) in [4.78, 5) is 18.0. The number of aryl methyl sites for hydroxylation is 1. The van der Waals surface area contributed by atoms with E-state index in [0.717, 1.165) is 17.3 Å². The van der Waals surface area contributed by atoms with Gasteiger partial charge in [0.25, 0.3) is 0 Å². The van der Waals surface area contributed by atoms with Gasteiger partial charge in [0.2, 0.25) is 0 Å². The molecule has 0 bridgehead atoms. The minimum Gasteiger partial charge on any atom is -0.453 e. The van der Waals surface area contributed by atoms with E-state index < -0.39 is 11.4 Å². The van der Waals surface area contributed by atoms with Crippen LogP contribution in [0.1, 0.15) is 43.0 Å². The number of amides is 1. The minimum absolute atomic E-state index is 0.0573. The highest BCUT2D eigenvalue weighted by Gasteiger charge is 2.26. The van der Waals surface area contributed by atoms with E-state index in [9.17, 15) is 9.18 Å². The predicted molar refractivity (Wildman–Crippen MR) is 125 cm³/mol. The highest BCUT2D eigenvalue weighted by molar-refractivity contribution is 5.69. The fourth-order valence-electron chi connectivity index (χ4n) is 3.52. The van der Waals surface area contributed by atoms with Crippen LogP contribution < -0.4 is 10.5 Å². The van der Waals surface area contributed by atoms with Crippen molar-refractivity contribution in [3.05, 3.63) is 64.9 Å². The van der Waals surface area contributed by atoms with Crippen LogP contribution in [-0.2, 0) is 24.8 Å². The fraction of sp³-hybridized carbons (Fsp3) is 0.320. The second-order valence-electron chi connectivity index (χ2n) is 9.03. The van der Waals surface area contributed by atoms with Crippen molar-refractivity contribution in [2.24, 2.45) is 7.05 Å². The summed E-state index contributed by atoms with van der Waals surface area (Å²) in [6, 6.07) is 5.47. The molecule has 1 aliphatic rings. The highest BCUT2D eigenvalue weighted by atomic mass is 19.1. The molecule has 8 nitrogen and oxygen atoms in total. The first-order valence-electron chi connectivity index (χ1n) is 10.8. The molecule has 34 heavy (non-hydrogen) atoms. The maximum Gasteiger partial charge on any atom is 0.410 e. The first-order valence-corrected chi connectivity index (χ1v) is 10.8. The number of fused-ring (bicyclic) bond motifs is 1. The number of benzene rings is 1. The Bertz CT molecular complexity index is 1300. The lowest BCUT2D eigenvalue weighted by molar-refractivity contribution is 0.0224. The summed E-state index contributed by atoms with van der Waals surface area (Å²) in [5.74, 6) is 5.43. The molecule has 0 spiro atoms. The second-order valence-corrected chi connectivity index (χ2v) is 9.03. The van der Waals surface area contributed by atoms with E-state index >= 15 is 0 Å². The van der Waals surface area contributed by atoms with Crippen LogP contribution in [0.5, 0.6) is 11.5 Å². The van der Waals surface area contributed by atoms with Gasteiger partial charge < -0.3 is 20.1 Å². The van der Waals surface area contributed by atoms with Gasteiger partial charge in [-0.25, -0.2) is 14.2 Å². The Morgan fingerprint density at radius 2 is 2.00 bits per heavy atom. The standard InChI is InChI=1S/C25H26FN5O3/c1-25(2,3)34-24(32)31-10-9-17-6-7-19(11-18(17)15-31)33-22-20(23(27)28-13-21(22)26)8-5-16-12-29-30(4)14-16/h6-7,11-14H,9-10,15H2,1-4H3,(H2,27,28). The van der Waals surface area contributed by atoms with E-state index in [-0.39, 0.29) is 23.2 Å². The van der Waals surface area contributed by atoms with Crippen molar-refractivity contribution in [2.75, 3.05) is 12.3 Å². The Labute approximate surface area is 197 Å². The summed E-state index contributed by atoms with van der Waals surface area (Å²) in [6.45, 7) is 6.43. The number of halogens is 1. The fourth-order valence-corrected chi connectivity index (χ4v) is 3.52. The van der Waals surface area contributed by atoms with Gasteiger partial charge in [-0.3, -0.25) is 4.68 Å². The molecular weight excluding hydrogens is 437 g/mol. The highest BCUT2D eigenvalue weighted by Crippen LogP contribution is 2.33. The van der Waals surface area contributed by atoms with Crippen LogP contribution in [0.25, 0.3) is 0 Å². The van der Waals surface area contributed by atoms with Gasteiger partial charge in [-0.05, 0) is 50.5 Å². The number of carbonyl (C=O) groups excluding carboxylic acids is 1. The molecule has 4 rings (SSSR count). The summed E-state index contributed by atoms with van der Waals surface area (Å²) in [6.07, 6.45) is 4.65. The van der Waals surface area contributed by atoms with Crippen LogP contribution in [0, 0.1) is 17.7 Å². The van der Waals surface area contributed by atoms with Gasteiger partial charge in [-0.1, -0.05) is 17.9 Å². The Kier molecular flexibility index (Phi) is 6.16. The zero-order valence-corrected chi connectivity index (χ0v) is 19.6. The van der Waals surface area contributed by atoms with Crippen molar-refractivity contribution in [3.8, 4) is 23.3 Å². The molecule has 0 aliphatic carbocycles. The molecule has 0 fully saturated rings. The van der Waals surface area contributed by atoms with Gasteiger partial charge in [-0.2, -0.15) is 5.10 Å². The Balaban J connectivity index is 1.60. The third kappa shape index (κ3) is 5.29. The number of carbonyl (C=O) groups is 1. The number of nitrogens with two attached hydrogens (primary N) is 1. The number of ether oxygens (including phenoxy) is 2. The first kappa shape index (κ1) is 23.1. The van der Waals surface area contributed by atoms with Gasteiger partial charge in [0.05, 0.1) is 18.0 Å². The number of rotatable bonds is 2. The van der Waals surface area contributed by atoms with Gasteiger partial charge in [0.1, 0.15) is 22.7 Å². The monoisotopic (exact) mass is 463 g/mol. The lowest BCUT2D eigenvalue weighted by Gasteiger charge is -2.31. The molecule has 3 aromatic rings. The number of nitrogen functional groups attached to an aromatic ring is 1. The van der Waals surface area contributed by atoms with E-state index in [0.29, 0.717) is 30.8 Å². The lowest BCUT2D eigenvalue weighted by Crippen LogP contribution is -2.39. The molecule has 2 N–H and O–H groups in total. The molecular formula is C25H26FN5O3. The average molecular weight is 464 g/mol. The molecule has 2 aromatic heterocycles. The first-order chi connectivity index (χ1) is 16.1. The quantitative estimate of drug-likeness (QED) is 0.577. The minimum atomic E-state index is -0.683. The van der Waals surface area contributed by atoms with Gasteiger partial charge in [0.15, 0.2) is 11.6 Å². The summed E-state index contributed by atoms with van der Waals surface area (Å²) in [7, 11) is 1.78. The predicted octanol–water partition coefficient (Wildman–Crippen LogP) is 4.02. The summed E-state index contributed by atoms with van der Waals surface area (Å²) >= 11 is 0. The molecule has 1 amide bonds. The summed E-state index contributed by atoms with van der Waals surface area (Å²) in [5, 5.41) is 4.06. The number of anilines is 1. The van der Waals surface area contributed by atoms with Gasteiger partial charge >= 0.3 is 6.09 Å². The van der Waals surface area contributed by atoms with Crippen LogP contribution >= 0.6 is 0 Å². The smallest absolute Gasteiger partial charge is 0.410 e. The van der Waals surface area contributed by atoms with E-state index in [1.807, 2.05) is 26.8 Å². The number of hydrogen-bond acceptors (Lipinski definition) is 6. The molecule has 0 saturated carbocycles. The van der Waals surface area contributed by atoms with Crippen molar-refractivity contribution in [1.29, 1.82) is 0 Å². The zero-order chi connectivity index (χ0) is 24.5. The number of hydrogen-bond donors (Lipinski definition) is 1. The normalized spacial score (nSPS) is 13.0. The van der Waals surface area contributed by atoms with E-state index in [1.54, 1.807) is 41.2 Å². The van der Waals surface area contributed by atoms with Gasteiger partial charge in [-0.15, -0.1) is 0 Å². The number of pyridine rings is 1. The summed E-state index contributed by atoms with van der Waals surface area (Å²) < 4.78 is 27.7. The SMILES string of the molecule is Cn1cc(C#Cc2c(N)ncc(F)c2Oc2ccc3c(c2)CN(C(=O)OC(C)(C)C)CC3)cn1.